The third-order valence-corrected chi connectivity index (χ3v) is 3.93. The summed E-state index contributed by atoms with van der Waals surface area (Å²) in [4.78, 5) is 10.6. The Morgan fingerprint density at radius 3 is 2.53 bits per heavy atom. The van der Waals surface area contributed by atoms with Crippen LogP contribution in [0.3, 0.4) is 0 Å². The highest BCUT2D eigenvalue weighted by atomic mass is 32.2. The Kier molecular flexibility index (Phi) is 5.43. The molecule has 7 nitrogen and oxygen atoms in total. The maximum atomic E-state index is 11.8. The first-order valence-electron chi connectivity index (χ1n) is 5.55. The van der Waals surface area contributed by atoms with Crippen LogP contribution in [0.25, 0.3) is 0 Å². The number of carbonyl (C=O) groups is 1. The van der Waals surface area contributed by atoms with Crippen molar-refractivity contribution in [3.05, 3.63) is 35.9 Å². The lowest BCUT2D eigenvalue weighted by molar-refractivity contribution is -0.125. The van der Waals surface area contributed by atoms with Crippen LogP contribution < -0.4 is 10.5 Å². The summed E-state index contributed by atoms with van der Waals surface area (Å²) in [6, 6.07) is 9.04. The highest BCUT2D eigenvalue weighted by Crippen LogP contribution is 2.05. The van der Waals surface area contributed by atoms with E-state index in [1.165, 1.54) is 7.05 Å². The molecule has 0 radical (unpaired) electrons. The van der Waals surface area contributed by atoms with E-state index in [0.29, 0.717) is 0 Å². The van der Waals surface area contributed by atoms with Crippen LogP contribution in [0.4, 0.5) is 0 Å². The highest BCUT2D eigenvalue weighted by Gasteiger charge is 2.20. The van der Waals surface area contributed by atoms with Crippen LogP contribution in [0, 0.1) is 0 Å². The van der Waals surface area contributed by atoms with Crippen molar-refractivity contribution < 1.29 is 18.3 Å². The molecule has 1 amide bonds. The minimum Gasteiger partial charge on any atom is -0.382 e. The summed E-state index contributed by atoms with van der Waals surface area (Å²) in [5.41, 5.74) is 5.65. The van der Waals surface area contributed by atoms with E-state index >= 15 is 0 Å². The molecular formula is C11H17N3O4S. The number of carbonyl (C=O) groups excluding carboxylic acids is 1. The molecule has 0 aliphatic rings. The quantitative estimate of drug-likeness (QED) is 0.584. The van der Waals surface area contributed by atoms with Gasteiger partial charge in [-0.15, -0.1) is 0 Å². The molecule has 8 heteroatoms. The van der Waals surface area contributed by atoms with Crippen LogP contribution in [0.1, 0.15) is 5.56 Å². The van der Waals surface area contributed by atoms with E-state index in [1.54, 1.807) is 24.3 Å². The Bertz CT molecular complexity index is 518. The lowest BCUT2D eigenvalue weighted by Crippen LogP contribution is -2.44. The molecule has 0 bridgehead atoms. The Morgan fingerprint density at radius 1 is 1.42 bits per heavy atom. The standard InChI is InChI=1S/C11H17N3O4S/c1-14(8-9-5-3-2-4-6-9)19(17,18)13-7-10(15)11(12)16/h2-6,10,13,15H,7-8H2,1H3,(H2,12,16). The Morgan fingerprint density at radius 2 is 2.00 bits per heavy atom. The maximum Gasteiger partial charge on any atom is 0.279 e. The number of rotatable bonds is 7. The van der Waals surface area contributed by atoms with Crippen LogP contribution in [-0.2, 0) is 21.5 Å². The number of benzene rings is 1. The van der Waals surface area contributed by atoms with E-state index in [1.807, 2.05) is 6.07 Å². The molecule has 19 heavy (non-hydrogen) atoms. The molecule has 0 aliphatic carbocycles. The number of hydrogen-bond acceptors (Lipinski definition) is 4. The van der Waals surface area contributed by atoms with Gasteiger partial charge in [0, 0.05) is 20.1 Å². The number of primary amides is 1. The largest absolute Gasteiger partial charge is 0.382 e. The monoisotopic (exact) mass is 287 g/mol. The number of amides is 1. The van der Waals surface area contributed by atoms with Gasteiger partial charge in [0.2, 0.25) is 5.91 Å². The third-order valence-electron chi connectivity index (χ3n) is 2.45. The summed E-state index contributed by atoms with van der Waals surface area (Å²) in [6.07, 6.45) is -1.54. The van der Waals surface area contributed by atoms with Crippen molar-refractivity contribution >= 4 is 16.1 Å². The Labute approximate surface area is 112 Å². The van der Waals surface area contributed by atoms with Crippen molar-refractivity contribution in [1.29, 1.82) is 0 Å². The van der Waals surface area contributed by atoms with Crippen LogP contribution >= 0.6 is 0 Å². The first-order chi connectivity index (χ1) is 8.83. The van der Waals surface area contributed by atoms with Gasteiger partial charge in [0.15, 0.2) is 0 Å². The van der Waals surface area contributed by atoms with E-state index in [-0.39, 0.29) is 6.54 Å². The van der Waals surface area contributed by atoms with Crippen molar-refractivity contribution in [2.75, 3.05) is 13.6 Å². The minimum absolute atomic E-state index is 0.183. The highest BCUT2D eigenvalue weighted by molar-refractivity contribution is 7.87. The summed E-state index contributed by atoms with van der Waals surface area (Å²) < 4.78 is 26.8. The molecule has 1 atom stereocenters. The average molecular weight is 287 g/mol. The van der Waals surface area contributed by atoms with Crippen molar-refractivity contribution in [3.63, 3.8) is 0 Å². The summed E-state index contributed by atoms with van der Waals surface area (Å²) in [5.74, 6) is -0.978. The summed E-state index contributed by atoms with van der Waals surface area (Å²) in [6.45, 7) is -0.264. The second-order valence-corrected chi connectivity index (χ2v) is 5.88. The van der Waals surface area contributed by atoms with Gasteiger partial charge in [0.25, 0.3) is 10.2 Å². The summed E-state index contributed by atoms with van der Waals surface area (Å²) in [5, 5.41) is 9.14. The van der Waals surface area contributed by atoms with Crippen molar-refractivity contribution in [2.24, 2.45) is 5.73 Å². The predicted octanol–water partition coefficient (Wildman–Crippen LogP) is -1.20. The van der Waals surface area contributed by atoms with Gasteiger partial charge >= 0.3 is 0 Å². The number of aliphatic hydroxyl groups excluding tert-OH is 1. The molecule has 1 aromatic rings. The molecule has 1 unspecified atom stereocenters. The predicted molar refractivity (Wildman–Crippen MR) is 70.0 cm³/mol. The lowest BCUT2D eigenvalue weighted by atomic mass is 10.2. The second-order valence-electron chi connectivity index (χ2n) is 4.01. The van der Waals surface area contributed by atoms with E-state index in [4.69, 9.17) is 10.8 Å². The molecule has 0 aliphatic heterocycles. The van der Waals surface area contributed by atoms with Gasteiger partial charge in [0.05, 0.1) is 0 Å². The van der Waals surface area contributed by atoms with E-state index in [0.717, 1.165) is 9.87 Å². The normalized spacial score (nSPS) is 13.4. The maximum absolute atomic E-state index is 11.8. The number of hydrogen-bond donors (Lipinski definition) is 3. The number of nitrogens with one attached hydrogen (secondary N) is 1. The first-order valence-corrected chi connectivity index (χ1v) is 6.99. The first kappa shape index (κ1) is 15.6. The molecule has 0 fully saturated rings. The van der Waals surface area contributed by atoms with Crippen LogP contribution in [0.2, 0.25) is 0 Å². The van der Waals surface area contributed by atoms with Gasteiger partial charge in [-0.2, -0.15) is 17.4 Å². The third kappa shape index (κ3) is 4.95. The van der Waals surface area contributed by atoms with Crippen molar-refractivity contribution in [3.8, 4) is 0 Å². The SMILES string of the molecule is CN(Cc1ccccc1)S(=O)(=O)NCC(O)C(N)=O. The van der Waals surface area contributed by atoms with Crippen molar-refractivity contribution in [2.45, 2.75) is 12.6 Å². The zero-order chi connectivity index (χ0) is 14.5. The molecule has 106 valence electrons. The summed E-state index contributed by atoms with van der Waals surface area (Å²) >= 11 is 0. The Balaban J connectivity index is 2.59. The van der Waals surface area contributed by atoms with Gasteiger partial charge in [-0.3, -0.25) is 4.79 Å². The van der Waals surface area contributed by atoms with Gasteiger partial charge < -0.3 is 10.8 Å². The molecule has 0 saturated carbocycles. The zero-order valence-electron chi connectivity index (χ0n) is 10.5. The van der Waals surface area contributed by atoms with Crippen molar-refractivity contribution in [1.82, 2.24) is 9.03 Å². The topological polar surface area (TPSA) is 113 Å². The lowest BCUT2D eigenvalue weighted by Gasteiger charge is -2.18. The number of nitrogens with zero attached hydrogens (tertiary/aromatic N) is 1. The average Bonchev–Trinajstić information content (AvgIpc) is 2.37. The second kappa shape index (κ2) is 6.62. The molecule has 0 spiro atoms. The number of nitrogens with two attached hydrogens (primary N) is 1. The molecule has 0 saturated heterocycles. The van der Waals surface area contributed by atoms with E-state index < -0.39 is 28.8 Å². The van der Waals surface area contributed by atoms with Gasteiger partial charge in [-0.1, -0.05) is 30.3 Å². The molecular weight excluding hydrogens is 270 g/mol. The van der Waals surface area contributed by atoms with Gasteiger partial charge in [-0.05, 0) is 5.56 Å². The molecule has 1 aromatic carbocycles. The Hall–Kier alpha value is -1.48. The summed E-state index contributed by atoms with van der Waals surface area (Å²) in [7, 11) is -2.38. The van der Waals surface area contributed by atoms with Crippen LogP contribution in [0.15, 0.2) is 30.3 Å². The minimum atomic E-state index is -3.77. The number of aliphatic hydroxyl groups is 1. The van der Waals surface area contributed by atoms with E-state index in [9.17, 15) is 13.2 Å². The molecule has 1 rings (SSSR count). The van der Waals surface area contributed by atoms with Crippen LogP contribution in [0.5, 0.6) is 0 Å². The fraction of sp³-hybridized carbons (Fsp3) is 0.364. The fourth-order valence-electron chi connectivity index (χ4n) is 1.32. The fourth-order valence-corrected chi connectivity index (χ4v) is 2.23. The smallest absolute Gasteiger partial charge is 0.279 e. The zero-order valence-corrected chi connectivity index (χ0v) is 11.3. The molecule has 0 heterocycles. The van der Waals surface area contributed by atoms with Crippen LogP contribution in [-0.4, -0.2) is 43.4 Å². The molecule has 4 N–H and O–H groups in total. The van der Waals surface area contributed by atoms with Gasteiger partial charge in [0.1, 0.15) is 6.10 Å². The molecule has 0 aromatic heterocycles. The van der Waals surface area contributed by atoms with E-state index in [2.05, 4.69) is 4.72 Å². The van der Waals surface area contributed by atoms with Gasteiger partial charge in [-0.25, -0.2) is 0 Å².